The van der Waals surface area contributed by atoms with Gasteiger partial charge in [0.15, 0.2) is 0 Å². The van der Waals surface area contributed by atoms with Gasteiger partial charge in [0.25, 0.3) is 0 Å². The van der Waals surface area contributed by atoms with Crippen molar-refractivity contribution in [2.45, 2.75) is 32.2 Å². The third kappa shape index (κ3) is 2.43. The van der Waals surface area contributed by atoms with E-state index in [1.165, 1.54) is 12.8 Å². The van der Waals surface area contributed by atoms with E-state index in [-0.39, 0.29) is 6.04 Å². The summed E-state index contributed by atoms with van der Waals surface area (Å²) in [7, 11) is 1.62. The molecule has 1 aromatic carbocycles. The average Bonchev–Trinajstić information content (AvgIpc) is 2.35. The Bertz CT molecular complexity index is 414. The normalized spacial score (nSPS) is 20.3. The molecule has 1 unspecified atom stereocenters. The topological polar surface area (TPSA) is 41.5 Å². The van der Waals surface area contributed by atoms with Crippen LogP contribution in [-0.4, -0.2) is 18.8 Å². The van der Waals surface area contributed by atoms with Gasteiger partial charge in [-0.2, -0.15) is 0 Å². The number of hydrogen-bond donors (Lipinski definition) is 2. The number of halogens is 1. The SMILES string of the molecule is COc1c(Br)cc(C2CCCCN2)c(O)c1C. The highest BCUT2D eigenvalue weighted by Crippen LogP contribution is 2.41. The maximum atomic E-state index is 10.2. The molecule has 17 heavy (non-hydrogen) atoms. The minimum Gasteiger partial charge on any atom is -0.507 e. The second-order valence-corrected chi connectivity index (χ2v) is 5.31. The molecule has 2 rings (SSSR count). The molecule has 0 radical (unpaired) electrons. The van der Waals surface area contributed by atoms with Crippen LogP contribution >= 0.6 is 15.9 Å². The average molecular weight is 300 g/mol. The lowest BCUT2D eigenvalue weighted by Gasteiger charge is -2.26. The van der Waals surface area contributed by atoms with Crippen LogP contribution in [0.4, 0.5) is 0 Å². The Balaban J connectivity index is 2.40. The fraction of sp³-hybridized carbons (Fsp3) is 0.538. The van der Waals surface area contributed by atoms with Crippen molar-refractivity contribution in [3.63, 3.8) is 0 Å². The van der Waals surface area contributed by atoms with Crippen molar-refractivity contribution in [2.75, 3.05) is 13.7 Å². The van der Waals surface area contributed by atoms with E-state index in [0.29, 0.717) is 11.5 Å². The molecule has 1 aromatic rings. The van der Waals surface area contributed by atoms with Crippen molar-refractivity contribution >= 4 is 15.9 Å². The number of ether oxygens (including phenoxy) is 1. The zero-order valence-electron chi connectivity index (χ0n) is 10.2. The highest BCUT2D eigenvalue weighted by Gasteiger charge is 2.22. The Morgan fingerprint density at radius 3 is 2.82 bits per heavy atom. The molecule has 94 valence electrons. The fourth-order valence-electron chi connectivity index (χ4n) is 2.41. The number of aromatic hydroxyl groups is 1. The molecule has 0 aliphatic carbocycles. The van der Waals surface area contributed by atoms with Crippen LogP contribution in [0.25, 0.3) is 0 Å². The first kappa shape index (κ1) is 12.7. The van der Waals surface area contributed by atoms with E-state index in [1.807, 2.05) is 13.0 Å². The molecule has 1 saturated heterocycles. The minimum absolute atomic E-state index is 0.254. The predicted molar refractivity (Wildman–Crippen MR) is 71.7 cm³/mol. The van der Waals surface area contributed by atoms with E-state index in [9.17, 15) is 5.11 Å². The van der Waals surface area contributed by atoms with Gasteiger partial charge in [0.05, 0.1) is 11.6 Å². The van der Waals surface area contributed by atoms with E-state index >= 15 is 0 Å². The van der Waals surface area contributed by atoms with Crippen LogP contribution in [0.2, 0.25) is 0 Å². The first-order chi connectivity index (χ1) is 8.15. The number of methoxy groups -OCH3 is 1. The lowest BCUT2D eigenvalue weighted by molar-refractivity contribution is 0.378. The Kier molecular flexibility index (Phi) is 3.94. The largest absolute Gasteiger partial charge is 0.507 e. The summed E-state index contributed by atoms with van der Waals surface area (Å²) in [6.07, 6.45) is 3.50. The van der Waals surface area contributed by atoms with Gasteiger partial charge in [-0.15, -0.1) is 0 Å². The van der Waals surface area contributed by atoms with Crippen molar-refractivity contribution < 1.29 is 9.84 Å². The van der Waals surface area contributed by atoms with Crippen LogP contribution < -0.4 is 10.1 Å². The Hall–Kier alpha value is -0.740. The summed E-state index contributed by atoms with van der Waals surface area (Å²) in [6, 6.07) is 2.22. The number of phenolic OH excluding ortho intramolecular Hbond substituents is 1. The number of rotatable bonds is 2. The molecule has 4 heteroatoms. The predicted octanol–water partition coefficient (Wildman–Crippen LogP) is 3.29. The van der Waals surface area contributed by atoms with Crippen LogP contribution in [0.1, 0.15) is 36.4 Å². The van der Waals surface area contributed by atoms with Gasteiger partial charge in [0.2, 0.25) is 0 Å². The summed E-state index contributed by atoms with van der Waals surface area (Å²) in [4.78, 5) is 0. The molecule has 1 heterocycles. The Morgan fingerprint density at radius 1 is 1.47 bits per heavy atom. The van der Waals surface area contributed by atoms with Crippen molar-refractivity contribution in [2.24, 2.45) is 0 Å². The summed E-state index contributed by atoms with van der Waals surface area (Å²) < 4.78 is 6.17. The monoisotopic (exact) mass is 299 g/mol. The van der Waals surface area contributed by atoms with E-state index < -0.39 is 0 Å². The van der Waals surface area contributed by atoms with Crippen LogP contribution in [0.3, 0.4) is 0 Å². The van der Waals surface area contributed by atoms with Crippen molar-refractivity contribution in [3.8, 4) is 11.5 Å². The number of nitrogens with one attached hydrogen (secondary N) is 1. The van der Waals surface area contributed by atoms with Gasteiger partial charge in [-0.25, -0.2) is 0 Å². The fourth-order valence-corrected chi connectivity index (χ4v) is 3.11. The van der Waals surface area contributed by atoms with Crippen molar-refractivity contribution in [1.82, 2.24) is 5.32 Å². The van der Waals surface area contributed by atoms with Gasteiger partial charge in [-0.3, -0.25) is 0 Å². The lowest BCUT2D eigenvalue weighted by atomic mass is 9.95. The molecule has 0 bridgehead atoms. The number of phenols is 1. The number of piperidine rings is 1. The van der Waals surface area contributed by atoms with Gasteiger partial charge >= 0.3 is 0 Å². The summed E-state index contributed by atoms with van der Waals surface area (Å²) in [5, 5.41) is 13.7. The Labute approximate surface area is 110 Å². The summed E-state index contributed by atoms with van der Waals surface area (Å²) in [5.74, 6) is 1.06. The van der Waals surface area contributed by atoms with Crippen LogP contribution in [0.5, 0.6) is 11.5 Å². The highest BCUT2D eigenvalue weighted by atomic mass is 79.9. The van der Waals surface area contributed by atoms with Gasteiger partial charge in [-0.05, 0) is 48.3 Å². The Morgan fingerprint density at radius 2 is 2.24 bits per heavy atom. The van der Waals surface area contributed by atoms with Crippen LogP contribution in [0.15, 0.2) is 10.5 Å². The van der Waals surface area contributed by atoms with Crippen molar-refractivity contribution in [3.05, 3.63) is 21.7 Å². The summed E-state index contributed by atoms with van der Waals surface area (Å²) >= 11 is 3.50. The van der Waals surface area contributed by atoms with E-state index in [0.717, 1.165) is 28.6 Å². The van der Waals surface area contributed by atoms with Gasteiger partial charge < -0.3 is 15.2 Å². The molecule has 0 spiro atoms. The maximum absolute atomic E-state index is 10.2. The zero-order chi connectivity index (χ0) is 12.4. The van der Waals surface area contributed by atoms with E-state index in [2.05, 4.69) is 21.2 Å². The molecule has 2 N–H and O–H groups in total. The first-order valence-electron chi connectivity index (χ1n) is 5.94. The zero-order valence-corrected chi connectivity index (χ0v) is 11.8. The molecule has 3 nitrogen and oxygen atoms in total. The molecule has 1 fully saturated rings. The van der Waals surface area contributed by atoms with Crippen molar-refractivity contribution in [1.29, 1.82) is 0 Å². The summed E-state index contributed by atoms with van der Waals surface area (Å²) in [5.41, 5.74) is 1.76. The lowest BCUT2D eigenvalue weighted by Crippen LogP contribution is -2.27. The quantitative estimate of drug-likeness (QED) is 0.880. The maximum Gasteiger partial charge on any atom is 0.139 e. The smallest absolute Gasteiger partial charge is 0.139 e. The molecular formula is C13H18BrNO2. The molecule has 0 aromatic heterocycles. The molecular weight excluding hydrogens is 282 g/mol. The molecule has 1 atom stereocenters. The van der Waals surface area contributed by atoms with Gasteiger partial charge in [0, 0.05) is 17.2 Å². The summed E-state index contributed by atoms with van der Waals surface area (Å²) in [6.45, 7) is 2.90. The van der Waals surface area contributed by atoms with E-state index in [1.54, 1.807) is 7.11 Å². The second kappa shape index (κ2) is 5.27. The second-order valence-electron chi connectivity index (χ2n) is 4.46. The van der Waals surface area contributed by atoms with Crippen LogP contribution in [0, 0.1) is 6.92 Å². The highest BCUT2D eigenvalue weighted by molar-refractivity contribution is 9.10. The minimum atomic E-state index is 0.254. The molecule has 1 aliphatic heterocycles. The first-order valence-corrected chi connectivity index (χ1v) is 6.73. The van der Waals surface area contributed by atoms with Crippen LogP contribution in [-0.2, 0) is 0 Å². The molecule has 0 amide bonds. The molecule has 1 aliphatic rings. The third-order valence-corrected chi connectivity index (χ3v) is 3.95. The number of hydrogen-bond acceptors (Lipinski definition) is 3. The van der Waals surface area contributed by atoms with Gasteiger partial charge in [0.1, 0.15) is 11.5 Å². The molecule has 0 saturated carbocycles. The number of benzene rings is 1. The van der Waals surface area contributed by atoms with E-state index in [4.69, 9.17) is 4.74 Å². The standard InChI is InChI=1S/C13H18BrNO2/c1-8-12(16)9(7-10(14)13(8)17-2)11-5-3-4-6-15-11/h7,11,15-16H,3-6H2,1-2H3. The third-order valence-electron chi connectivity index (χ3n) is 3.36. The van der Waals surface area contributed by atoms with Gasteiger partial charge in [-0.1, -0.05) is 6.42 Å².